The van der Waals surface area contributed by atoms with Crippen LogP contribution >= 0.6 is 0 Å². The molecule has 0 radical (unpaired) electrons. The molecule has 154 valence electrons. The summed E-state index contributed by atoms with van der Waals surface area (Å²) in [7, 11) is 0. The Morgan fingerprint density at radius 2 is 1.57 bits per heavy atom. The third-order valence-electron chi connectivity index (χ3n) is 5.04. The van der Waals surface area contributed by atoms with E-state index in [4.69, 9.17) is 0 Å². The second-order valence-electron chi connectivity index (χ2n) is 7.56. The zero-order valence-electron chi connectivity index (χ0n) is 17.3. The summed E-state index contributed by atoms with van der Waals surface area (Å²) in [6.07, 6.45) is 2.21. The lowest BCUT2D eigenvalue weighted by Gasteiger charge is -2.20. The molecule has 0 saturated carbocycles. The van der Waals surface area contributed by atoms with E-state index in [2.05, 4.69) is 30.5 Å². The van der Waals surface area contributed by atoms with Gasteiger partial charge in [0.25, 0.3) is 5.91 Å². The van der Waals surface area contributed by atoms with Crippen LogP contribution in [0.15, 0.2) is 30.3 Å². The van der Waals surface area contributed by atoms with E-state index < -0.39 is 5.91 Å². The summed E-state index contributed by atoms with van der Waals surface area (Å²) in [5.74, 6) is 0.316. The molecule has 8 nitrogen and oxygen atoms in total. The zero-order valence-corrected chi connectivity index (χ0v) is 17.3. The number of hydrogen-bond acceptors (Lipinski definition) is 6. The highest BCUT2D eigenvalue weighted by molar-refractivity contribution is 6.04. The van der Waals surface area contributed by atoms with Gasteiger partial charge in [-0.3, -0.25) is 9.59 Å². The second kappa shape index (κ2) is 8.06. The third-order valence-corrected chi connectivity index (χ3v) is 5.04. The SMILES string of the molecule is CC(=O)Nc1ccc(NC(=O)c2nc(N3CCCC3)c3c(C)cc(C)nc3n2)cc1. The van der Waals surface area contributed by atoms with Crippen LogP contribution in [0.5, 0.6) is 0 Å². The van der Waals surface area contributed by atoms with E-state index in [0.29, 0.717) is 17.0 Å². The van der Waals surface area contributed by atoms with E-state index in [9.17, 15) is 9.59 Å². The van der Waals surface area contributed by atoms with Crippen LogP contribution in [0.3, 0.4) is 0 Å². The number of hydrogen-bond donors (Lipinski definition) is 2. The summed E-state index contributed by atoms with van der Waals surface area (Å²) < 4.78 is 0. The normalized spacial score (nSPS) is 13.5. The van der Waals surface area contributed by atoms with Crippen LogP contribution in [0.4, 0.5) is 17.2 Å². The molecule has 1 aromatic carbocycles. The van der Waals surface area contributed by atoms with Gasteiger partial charge in [0.1, 0.15) is 5.82 Å². The molecule has 0 spiro atoms. The van der Waals surface area contributed by atoms with Crippen LogP contribution in [0, 0.1) is 13.8 Å². The quantitative estimate of drug-likeness (QED) is 0.691. The van der Waals surface area contributed by atoms with Crippen molar-refractivity contribution < 1.29 is 9.59 Å². The molecule has 0 aliphatic carbocycles. The molecule has 0 unspecified atom stereocenters. The van der Waals surface area contributed by atoms with Gasteiger partial charge in [-0.25, -0.2) is 15.0 Å². The predicted octanol–water partition coefficient (Wildman–Crippen LogP) is 3.45. The summed E-state index contributed by atoms with van der Waals surface area (Å²) in [5, 5.41) is 6.43. The fourth-order valence-electron chi connectivity index (χ4n) is 3.74. The molecule has 2 amide bonds. The molecule has 1 saturated heterocycles. The number of amides is 2. The Morgan fingerprint density at radius 3 is 2.20 bits per heavy atom. The first-order valence-corrected chi connectivity index (χ1v) is 10.0. The fraction of sp³-hybridized carbons (Fsp3) is 0.318. The van der Waals surface area contributed by atoms with Crippen LogP contribution < -0.4 is 15.5 Å². The van der Waals surface area contributed by atoms with E-state index in [-0.39, 0.29) is 11.7 Å². The number of carbonyl (C=O) groups is 2. The van der Waals surface area contributed by atoms with E-state index in [1.807, 2.05) is 19.9 Å². The molecule has 1 aliphatic heterocycles. The molecular formula is C22H24N6O2. The first-order valence-electron chi connectivity index (χ1n) is 10.0. The average molecular weight is 404 g/mol. The number of aromatic nitrogens is 3. The van der Waals surface area contributed by atoms with Crippen LogP contribution in [0.25, 0.3) is 11.0 Å². The highest BCUT2D eigenvalue weighted by Crippen LogP contribution is 2.29. The van der Waals surface area contributed by atoms with Crippen molar-refractivity contribution in [2.24, 2.45) is 0 Å². The van der Waals surface area contributed by atoms with Gasteiger partial charge in [0, 0.05) is 37.1 Å². The Bertz CT molecular complexity index is 1120. The minimum absolute atomic E-state index is 0.0906. The fourth-order valence-corrected chi connectivity index (χ4v) is 3.74. The molecule has 0 atom stereocenters. The van der Waals surface area contributed by atoms with Crippen molar-refractivity contribution in [1.29, 1.82) is 0 Å². The number of nitrogens with zero attached hydrogens (tertiary/aromatic N) is 4. The van der Waals surface area contributed by atoms with Gasteiger partial charge in [-0.05, 0) is 62.6 Å². The standard InChI is InChI=1S/C22H24N6O2/c1-13-12-14(2)23-19-18(13)21(28-10-4-5-11-28)27-20(26-19)22(30)25-17-8-6-16(7-9-17)24-15(3)29/h6-9,12H,4-5,10-11H2,1-3H3,(H,24,29)(H,25,30). The maximum Gasteiger partial charge on any atom is 0.293 e. The highest BCUT2D eigenvalue weighted by Gasteiger charge is 2.22. The molecule has 1 aliphatic rings. The van der Waals surface area contributed by atoms with Crippen LogP contribution in [0.2, 0.25) is 0 Å². The topological polar surface area (TPSA) is 100 Å². The summed E-state index contributed by atoms with van der Waals surface area (Å²) in [4.78, 5) is 39.9. The van der Waals surface area contributed by atoms with Gasteiger partial charge in [0.2, 0.25) is 11.7 Å². The second-order valence-corrected chi connectivity index (χ2v) is 7.56. The van der Waals surface area contributed by atoms with Crippen LogP contribution in [-0.2, 0) is 4.79 Å². The molecular weight excluding hydrogens is 380 g/mol. The lowest BCUT2D eigenvalue weighted by molar-refractivity contribution is -0.114. The molecule has 0 bridgehead atoms. The van der Waals surface area contributed by atoms with E-state index in [1.165, 1.54) is 6.92 Å². The molecule has 1 fully saturated rings. The number of aryl methyl sites for hydroxylation is 2. The molecule has 2 N–H and O–H groups in total. The number of carbonyl (C=O) groups excluding carboxylic acids is 2. The van der Waals surface area contributed by atoms with Crippen molar-refractivity contribution in [2.75, 3.05) is 28.6 Å². The number of fused-ring (bicyclic) bond motifs is 1. The summed E-state index contributed by atoms with van der Waals surface area (Å²) in [5.41, 5.74) is 3.70. The predicted molar refractivity (Wildman–Crippen MR) is 117 cm³/mol. The summed E-state index contributed by atoms with van der Waals surface area (Å²) in [6, 6.07) is 8.91. The summed E-state index contributed by atoms with van der Waals surface area (Å²) >= 11 is 0. The first kappa shape index (κ1) is 19.8. The maximum absolute atomic E-state index is 12.9. The van der Waals surface area contributed by atoms with Gasteiger partial charge in [0.15, 0.2) is 5.65 Å². The van der Waals surface area contributed by atoms with Gasteiger partial charge in [-0.2, -0.15) is 0 Å². The number of pyridine rings is 1. The van der Waals surface area contributed by atoms with Crippen molar-refractivity contribution >= 4 is 40.0 Å². The number of anilines is 3. The van der Waals surface area contributed by atoms with Crippen molar-refractivity contribution in [3.63, 3.8) is 0 Å². The van der Waals surface area contributed by atoms with Crippen LogP contribution in [0.1, 0.15) is 41.6 Å². The molecule has 2 aromatic heterocycles. The van der Waals surface area contributed by atoms with E-state index in [1.54, 1.807) is 24.3 Å². The van der Waals surface area contributed by atoms with E-state index in [0.717, 1.165) is 48.4 Å². The number of benzene rings is 1. The molecule has 4 rings (SSSR count). The third kappa shape index (κ3) is 4.07. The summed E-state index contributed by atoms with van der Waals surface area (Å²) in [6.45, 7) is 7.20. The molecule has 3 aromatic rings. The van der Waals surface area contributed by atoms with E-state index >= 15 is 0 Å². The monoisotopic (exact) mass is 404 g/mol. The van der Waals surface area contributed by atoms with Gasteiger partial charge in [-0.1, -0.05) is 0 Å². The van der Waals surface area contributed by atoms with Crippen molar-refractivity contribution in [2.45, 2.75) is 33.6 Å². The average Bonchev–Trinajstić information content (AvgIpc) is 3.22. The Labute approximate surface area is 174 Å². The minimum Gasteiger partial charge on any atom is -0.356 e. The van der Waals surface area contributed by atoms with Crippen molar-refractivity contribution in [3.8, 4) is 0 Å². The Balaban J connectivity index is 1.67. The van der Waals surface area contributed by atoms with Crippen molar-refractivity contribution in [1.82, 2.24) is 15.0 Å². The van der Waals surface area contributed by atoms with Crippen molar-refractivity contribution in [3.05, 3.63) is 47.4 Å². The lowest BCUT2D eigenvalue weighted by Crippen LogP contribution is -2.23. The lowest BCUT2D eigenvalue weighted by atomic mass is 10.1. The molecule has 3 heterocycles. The van der Waals surface area contributed by atoms with Gasteiger partial charge in [-0.15, -0.1) is 0 Å². The van der Waals surface area contributed by atoms with Gasteiger partial charge < -0.3 is 15.5 Å². The first-order chi connectivity index (χ1) is 14.4. The Hall–Kier alpha value is -3.55. The zero-order chi connectivity index (χ0) is 21.3. The largest absolute Gasteiger partial charge is 0.356 e. The maximum atomic E-state index is 12.9. The Morgan fingerprint density at radius 1 is 0.933 bits per heavy atom. The minimum atomic E-state index is -0.398. The number of rotatable bonds is 4. The smallest absolute Gasteiger partial charge is 0.293 e. The molecule has 8 heteroatoms. The number of nitrogens with one attached hydrogen (secondary N) is 2. The Kier molecular flexibility index (Phi) is 5.31. The highest BCUT2D eigenvalue weighted by atomic mass is 16.2. The molecule has 30 heavy (non-hydrogen) atoms. The van der Waals surface area contributed by atoms with Crippen LogP contribution in [-0.4, -0.2) is 39.9 Å². The van der Waals surface area contributed by atoms with Gasteiger partial charge >= 0.3 is 0 Å². The van der Waals surface area contributed by atoms with Gasteiger partial charge in [0.05, 0.1) is 5.39 Å².